The molecule has 0 radical (unpaired) electrons. The van der Waals surface area contributed by atoms with E-state index in [0.717, 1.165) is 37.8 Å². The van der Waals surface area contributed by atoms with Crippen LogP contribution in [0.25, 0.3) is 0 Å². The zero-order valence-electron chi connectivity index (χ0n) is 22.2. The highest BCUT2D eigenvalue weighted by Gasteiger charge is 2.85. The van der Waals surface area contributed by atoms with E-state index < -0.39 is 23.6 Å². The Hall–Kier alpha value is -2.38. The van der Waals surface area contributed by atoms with Crippen molar-refractivity contribution in [3.8, 4) is 11.5 Å². The number of hydrogen-bond donors (Lipinski definition) is 1. The number of hydrogen-bond acceptors (Lipinski definition) is 7. The van der Waals surface area contributed by atoms with E-state index in [9.17, 15) is 14.7 Å². The molecule has 1 aromatic rings. The third-order valence-electron chi connectivity index (χ3n) is 11.7. The number of carbonyl (C=O) groups is 2. The van der Waals surface area contributed by atoms with E-state index >= 15 is 0 Å². The minimum absolute atomic E-state index is 0.0277. The topological polar surface area (TPSA) is 85.3 Å². The summed E-state index contributed by atoms with van der Waals surface area (Å²) in [6.07, 6.45) is 3.14. The third-order valence-corrected chi connectivity index (χ3v) is 11.7. The largest absolute Gasteiger partial charge is 0.493 e. The summed E-state index contributed by atoms with van der Waals surface area (Å²) in [6, 6.07) is 5.23. The second-order valence-electron chi connectivity index (χ2n) is 13.0. The van der Waals surface area contributed by atoms with E-state index in [0.29, 0.717) is 29.3 Å². The van der Waals surface area contributed by atoms with Crippen molar-refractivity contribution in [2.24, 2.45) is 39.9 Å². The summed E-state index contributed by atoms with van der Waals surface area (Å²) < 4.78 is 17.1. The van der Waals surface area contributed by atoms with E-state index in [2.05, 4.69) is 25.5 Å². The Morgan fingerprint density at radius 3 is 2.65 bits per heavy atom. The van der Waals surface area contributed by atoms with Crippen molar-refractivity contribution in [3.05, 3.63) is 35.9 Å². The van der Waals surface area contributed by atoms with Crippen LogP contribution in [0.4, 0.5) is 0 Å². The van der Waals surface area contributed by atoms with Gasteiger partial charge >= 0.3 is 5.97 Å². The van der Waals surface area contributed by atoms with Crippen LogP contribution in [0.3, 0.4) is 0 Å². The molecule has 1 aliphatic heterocycles. The van der Waals surface area contributed by atoms with Gasteiger partial charge in [-0.15, -0.1) is 0 Å². The lowest BCUT2D eigenvalue weighted by atomic mass is 9.38. The number of Topliss-reactive ketones (excluding diaryl/α,β-unsaturated/α-hetero) is 1. The first-order valence-electron chi connectivity index (χ1n) is 13.7. The summed E-state index contributed by atoms with van der Waals surface area (Å²) in [5, 5.41) is 11.9. The summed E-state index contributed by atoms with van der Waals surface area (Å²) in [4.78, 5) is 30.3. The first-order chi connectivity index (χ1) is 17.6. The van der Waals surface area contributed by atoms with Crippen LogP contribution >= 0.6 is 0 Å². The van der Waals surface area contributed by atoms with Gasteiger partial charge in [-0.3, -0.25) is 4.79 Å². The number of methoxy groups -OCH3 is 2. The number of likely N-dealkylation sites (tertiary alicyclic amines) is 1. The smallest absolute Gasteiger partial charge is 0.338 e. The molecular formula is C30H37NO6. The average Bonchev–Trinajstić information content (AvgIpc) is 2.96. The number of carbonyl (C=O) groups excluding carboxylic acids is 2. The highest BCUT2D eigenvalue weighted by atomic mass is 16.5. The summed E-state index contributed by atoms with van der Waals surface area (Å²) in [5.41, 5.74) is 0.210. The molecule has 7 heteroatoms. The quantitative estimate of drug-likeness (QED) is 0.493. The van der Waals surface area contributed by atoms with E-state index in [1.807, 2.05) is 0 Å². The molecule has 1 aromatic carbocycles. The van der Waals surface area contributed by atoms with Gasteiger partial charge in [0, 0.05) is 47.6 Å². The number of rotatable bonds is 4. The van der Waals surface area contributed by atoms with Crippen LogP contribution in [0.1, 0.15) is 49.4 Å². The number of esters is 1. The van der Waals surface area contributed by atoms with Gasteiger partial charge in [-0.05, 0) is 61.4 Å². The lowest BCUT2D eigenvalue weighted by Crippen LogP contribution is -2.71. The molecular weight excluding hydrogens is 470 g/mol. The summed E-state index contributed by atoms with van der Waals surface area (Å²) in [6.45, 7) is 7.59. The lowest BCUT2D eigenvalue weighted by molar-refractivity contribution is -0.222. The van der Waals surface area contributed by atoms with Gasteiger partial charge in [-0.25, -0.2) is 4.79 Å². The van der Waals surface area contributed by atoms with E-state index in [4.69, 9.17) is 14.2 Å². The molecule has 0 amide bonds. The Bertz CT molecular complexity index is 1230. The molecule has 0 unspecified atom stereocenters. The van der Waals surface area contributed by atoms with Crippen molar-refractivity contribution in [2.45, 2.75) is 57.3 Å². The molecule has 1 N–H and O–H groups in total. The number of piperidine rings is 1. The highest BCUT2D eigenvalue weighted by Crippen LogP contribution is 2.82. The van der Waals surface area contributed by atoms with Crippen LogP contribution in [0.2, 0.25) is 0 Å². The number of ketones is 1. The van der Waals surface area contributed by atoms with Crippen molar-refractivity contribution in [3.63, 3.8) is 0 Å². The molecule has 198 valence electrons. The Labute approximate surface area is 218 Å². The number of aliphatic hydroxyl groups excluding tert-OH is 1. The number of nitrogens with zero attached hydrogens (tertiary/aromatic N) is 1. The average molecular weight is 508 g/mol. The van der Waals surface area contributed by atoms with Gasteiger partial charge in [0.2, 0.25) is 0 Å². The molecule has 6 aliphatic carbocycles. The van der Waals surface area contributed by atoms with Gasteiger partial charge in [0.25, 0.3) is 0 Å². The molecule has 10 atom stereocenters. The van der Waals surface area contributed by atoms with Gasteiger partial charge in [0.1, 0.15) is 11.9 Å². The Morgan fingerprint density at radius 2 is 1.92 bits per heavy atom. The fourth-order valence-corrected chi connectivity index (χ4v) is 11.2. The fourth-order valence-electron chi connectivity index (χ4n) is 11.2. The maximum absolute atomic E-state index is 14.2. The normalized spacial score (nSPS) is 47.1. The lowest BCUT2D eigenvalue weighted by Gasteiger charge is -2.67. The number of benzene rings is 1. The summed E-state index contributed by atoms with van der Waals surface area (Å²) >= 11 is 0. The molecule has 37 heavy (non-hydrogen) atoms. The van der Waals surface area contributed by atoms with Gasteiger partial charge in [0.15, 0.2) is 11.5 Å². The maximum atomic E-state index is 14.2. The molecule has 7 fully saturated rings. The van der Waals surface area contributed by atoms with Crippen LogP contribution in [0.5, 0.6) is 11.5 Å². The van der Waals surface area contributed by atoms with Gasteiger partial charge in [-0.1, -0.05) is 19.9 Å². The van der Waals surface area contributed by atoms with Gasteiger partial charge < -0.3 is 24.2 Å². The van der Waals surface area contributed by atoms with Crippen LogP contribution in [-0.4, -0.2) is 67.8 Å². The Balaban J connectivity index is 1.34. The first-order valence-corrected chi connectivity index (χ1v) is 13.7. The van der Waals surface area contributed by atoms with Crippen molar-refractivity contribution in [2.75, 3.05) is 27.8 Å². The van der Waals surface area contributed by atoms with Crippen LogP contribution in [0, 0.1) is 39.9 Å². The molecule has 2 spiro atoms. The monoisotopic (exact) mass is 507 g/mol. The Morgan fingerprint density at radius 1 is 1.16 bits per heavy atom. The first kappa shape index (κ1) is 23.7. The minimum atomic E-state index is -0.605. The molecule has 1 saturated heterocycles. The number of ether oxygens (including phenoxy) is 3. The highest BCUT2D eigenvalue weighted by molar-refractivity contribution is 5.91. The fraction of sp³-hybridized carbons (Fsp3) is 0.667. The molecule has 6 saturated carbocycles. The van der Waals surface area contributed by atoms with Gasteiger partial charge in [0.05, 0.1) is 25.9 Å². The maximum Gasteiger partial charge on any atom is 0.338 e. The standard InChI is InChI=1S/C30H37NO6/c1-15-17-12-18-25-29-10-6-9-28(2,14-31(25)3)23(29)19(32)13-30(18,24(29)22(17)33)26(15)37-27(34)16-7-8-20(35-4)21(11-16)36-5/h7-8,11,17-18,22-26,33H,1,6,9-10,12-14H2,2-5H3/t17-,18-,22+,23-,24+,25+,26-,28+,29+,30-/m1/s1. The van der Waals surface area contributed by atoms with Crippen LogP contribution in [-0.2, 0) is 9.53 Å². The zero-order valence-corrected chi connectivity index (χ0v) is 22.2. The molecule has 7 nitrogen and oxygen atoms in total. The third kappa shape index (κ3) is 2.56. The Kier molecular flexibility index (Phi) is 4.73. The van der Waals surface area contributed by atoms with Crippen molar-refractivity contribution >= 4 is 11.8 Å². The molecule has 6 bridgehead atoms. The predicted octanol–water partition coefficient (Wildman–Crippen LogP) is 3.49. The molecule has 1 heterocycles. The SMILES string of the molecule is C=C1[C@H]2C[C@@H]3[C@@H]4N(C)C[C@]5(C)CCC[C@]46[C@H]([C@H]2O)[C@]3(CC(=O)[C@H]56)[C@@H]1OC(=O)c1ccc(OC)c(OC)c1. The summed E-state index contributed by atoms with van der Waals surface area (Å²) in [5.74, 6) is 0.837. The van der Waals surface area contributed by atoms with E-state index in [-0.39, 0.29) is 40.5 Å². The van der Waals surface area contributed by atoms with Gasteiger partial charge in [-0.2, -0.15) is 0 Å². The number of fused-ring (bicyclic) bond motifs is 1. The minimum Gasteiger partial charge on any atom is -0.493 e. The van der Waals surface area contributed by atoms with E-state index in [1.165, 1.54) is 7.11 Å². The number of aliphatic hydroxyl groups is 1. The van der Waals surface area contributed by atoms with Crippen LogP contribution < -0.4 is 9.47 Å². The van der Waals surface area contributed by atoms with Crippen molar-refractivity contribution < 1.29 is 28.9 Å². The molecule has 7 aliphatic rings. The van der Waals surface area contributed by atoms with Crippen molar-refractivity contribution in [1.82, 2.24) is 4.90 Å². The van der Waals surface area contributed by atoms with Crippen molar-refractivity contribution in [1.29, 1.82) is 0 Å². The molecule has 8 rings (SSSR count). The van der Waals surface area contributed by atoms with Crippen LogP contribution in [0.15, 0.2) is 30.4 Å². The van der Waals surface area contributed by atoms with E-state index in [1.54, 1.807) is 25.3 Å². The predicted molar refractivity (Wildman–Crippen MR) is 135 cm³/mol. The zero-order chi connectivity index (χ0) is 26.1. The molecule has 0 aromatic heterocycles. The summed E-state index contributed by atoms with van der Waals surface area (Å²) in [7, 11) is 5.30. The second-order valence-corrected chi connectivity index (χ2v) is 13.0. The second kappa shape index (κ2) is 7.38.